The van der Waals surface area contributed by atoms with Gasteiger partial charge in [-0.2, -0.15) is 5.10 Å². The molecule has 2 aromatic heterocycles. The zero-order chi connectivity index (χ0) is 10.8. The second-order valence-electron chi connectivity index (χ2n) is 3.70. The van der Waals surface area contributed by atoms with Crippen molar-refractivity contribution in [2.75, 3.05) is 0 Å². The highest BCUT2D eigenvalue weighted by Gasteiger charge is 2.13. The monoisotopic (exact) mass is 205 g/mol. The molecule has 4 heteroatoms. The van der Waals surface area contributed by atoms with Gasteiger partial charge >= 0.3 is 0 Å². The van der Waals surface area contributed by atoms with Crippen molar-refractivity contribution in [3.05, 3.63) is 41.6 Å². The van der Waals surface area contributed by atoms with Crippen molar-refractivity contribution in [2.24, 2.45) is 12.8 Å². The van der Waals surface area contributed by atoms with Gasteiger partial charge in [-0.25, -0.2) is 0 Å². The minimum atomic E-state index is -0.0511. The third-order valence-electron chi connectivity index (χ3n) is 2.67. The van der Waals surface area contributed by atoms with Crippen LogP contribution in [0.3, 0.4) is 0 Å². The van der Waals surface area contributed by atoms with E-state index in [2.05, 4.69) is 5.10 Å². The maximum Gasteiger partial charge on any atom is 0.105 e. The van der Waals surface area contributed by atoms with Gasteiger partial charge in [0.2, 0.25) is 0 Å². The van der Waals surface area contributed by atoms with Gasteiger partial charge in [0.1, 0.15) is 5.76 Å². The van der Waals surface area contributed by atoms with E-state index < -0.39 is 0 Å². The number of hydrogen-bond acceptors (Lipinski definition) is 3. The van der Waals surface area contributed by atoms with E-state index in [0.29, 0.717) is 6.42 Å². The number of nitrogens with two attached hydrogens (primary N) is 1. The topological polar surface area (TPSA) is 57.0 Å². The van der Waals surface area contributed by atoms with Crippen molar-refractivity contribution >= 4 is 0 Å². The van der Waals surface area contributed by atoms with Gasteiger partial charge in [0.15, 0.2) is 0 Å². The van der Waals surface area contributed by atoms with Gasteiger partial charge in [-0.15, -0.1) is 0 Å². The number of rotatable bonds is 3. The van der Waals surface area contributed by atoms with Crippen LogP contribution in [0.15, 0.2) is 29.0 Å². The predicted molar refractivity (Wildman–Crippen MR) is 57.3 cm³/mol. The standard InChI is InChI=1S/C11H15N3O/c1-8-10(7-13-14(8)2)11(12)6-9-4-3-5-15-9/h3-5,7,11H,6,12H2,1-2H3. The van der Waals surface area contributed by atoms with Crippen LogP contribution >= 0.6 is 0 Å². The Balaban J connectivity index is 2.14. The molecule has 2 N–H and O–H groups in total. The maximum atomic E-state index is 6.09. The number of nitrogens with zero attached hydrogens (tertiary/aromatic N) is 2. The summed E-state index contributed by atoms with van der Waals surface area (Å²) >= 11 is 0. The molecule has 15 heavy (non-hydrogen) atoms. The third-order valence-corrected chi connectivity index (χ3v) is 2.67. The molecule has 0 radical (unpaired) electrons. The molecule has 0 aromatic carbocycles. The SMILES string of the molecule is Cc1c(C(N)Cc2ccco2)cnn1C. The van der Waals surface area contributed by atoms with Crippen LogP contribution in [0.4, 0.5) is 0 Å². The summed E-state index contributed by atoms with van der Waals surface area (Å²) in [6, 6.07) is 3.76. The fraction of sp³-hybridized carbons (Fsp3) is 0.364. The Morgan fingerprint density at radius 2 is 2.40 bits per heavy atom. The van der Waals surface area contributed by atoms with Crippen LogP contribution in [0, 0.1) is 6.92 Å². The molecule has 2 heterocycles. The van der Waals surface area contributed by atoms with Crippen molar-refractivity contribution < 1.29 is 4.42 Å². The van der Waals surface area contributed by atoms with Gasteiger partial charge in [0, 0.05) is 30.8 Å². The number of aromatic nitrogens is 2. The second-order valence-corrected chi connectivity index (χ2v) is 3.70. The Hall–Kier alpha value is -1.55. The van der Waals surface area contributed by atoms with Gasteiger partial charge in [-0.3, -0.25) is 4.68 Å². The van der Waals surface area contributed by atoms with Crippen LogP contribution < -0.4 is 5.73 Å². The minimum absolute atomic E-state index is 0.0511. The van der Waals surface area contributed by atoms with E-state index in [1.54, 1.807) is 6.26 Å². The molecular weight excluding hydrogens is 190 g/mol. The molecule has 1 atom stereocenters. The Labute approximate surface area is 88.7 Å². The Morgan fingerprint density at radius 1 is 1.60 bits per heavy atom. The van der Waals surface area contributed by atoms with Crippen molar-refractivity contribution in [3.63, 3.8) is 0 Å². The van der Waals surface area contributed by atoms with Crippen molar-refractivity contribution in [3.8, 4) is 0 Å². The summed E-state index contributed by atoms with van der Waals surface area (Å²) in [5.41, 5.74) is 8.27. The number of hydrogen-bond donors (Lipinski definition) is 1. The summed E-state index contributed by atoms with van der Waals surface area (Å²) in [6.07, 6.45) is 4.20. The third kappa shape index (κ3) is 1.94. The lowest BCUT2D eigenvalue weighted by Gasteiger charge is -2.09. The summed E-state index contributed by atoms with van der Waals surface area (Å²) < 4.78 is 7.10. The average Bonchev–Trinajstić information content (AvgIpc) is 2.79. The Morgan fingerprint density at radius 3 is 2.93 bits per heavy atom. The average molecular weight is 205 g/mol. The van der Waals surface area contributed by atoms with Crippen LogP contribution in [0.1, 0.15) is 23.1 Å². The summed E-state index contributed by atoms with van der Waals surface area (Å²) in [4.78, 5) is 0. The van der Waals surface area contributed by atoms with E-state index in [-0.39, 0.29) is 6.04 Å². The van der Waals surface area contributed by atoms with E-state index in [1.165, 1.54) is 0 Å². The van der Waals surface area contributed by atoms with Gasteiger partial charge in [0.05, 0.1) is 12.5 Å². The number of aryl methyl sites for hydroxylation is 1. The first-order valence-electron chi connectivity index (χ1n) is 4.95. The second kappa shape index (κ2) is 3.90. The number of furan rings is 1. The van der Waals surface area contributed by atoms with E-state index in [0.717, 1.165) is 17.0 Å². The van der Waals surface area contributed by atoms with Crippen molar-refractivity contribution in [1.29, 1.82) is 0 Å². The molecule has 0 bridgehead atoms. The lowest BCUT2D eigenvalue weighted by atomic mass is 10.0. The van der Waals surface area contributed by atoms with E-state index in [9.17, 15) is 0 Å². The molecule has 4 nitrogen and oxygen atoms in total. The van der Waals surface area contributed by atoms with Gasteiger partial charge < -0.3 is 10.2 Å². The molecule has 0 aliphatic heterocycles. The fourth-order valence-corrected chi connectivity index (χ4v) is 1.64. The largest absolute Gasteiger partial charge is 0.469 e. The normalized spacial score (nSPS) is 13.0. The van der Waals surface area contributed by atoms with E-state index >= 15 is 0 Å². The van der Waals surface area contributed by atoms with Crippen molar-refractivity contribution in [1.82, 2.24) is 9.78 Å². The Bertz CT molecular complexity index is 431. The molecule has 80 valence electrons. The van der Waals surface area contributed by atoms with Crippen LogP contribution in [-0.2, 0) is 13.5 Å². The van der Waals surface area contributed by atoms with Crippen LogP contribution in [-0.4, -0.2) is 9.78 Å². The van der Waals surface area contributed by atoms with Crippen LogP contribution in [0.5, 0.6) is 0 Å². The first-order chi connectivity index (χ1) is 7.18. The Kier molecular flexibility index (Phi) is 2.60. The first-order valence-corrected chi connectivity index (χ1v) is 4.95. The van der Waals surface area contributed by atoms with Gasteiger partial charge in [-0.1, -0.05) is 0 Å². The van der Waals surface area contributed by atoms with Crippen molar-refractivity contribution in [2.45, 2.75) is 19.4 Å². The van der Waals surface area contributed by atoms with Crippen LogP contribution in [0.2, 0.25) is 0 Å². The smallest absolute Gasteiger partial charge is 0.105 e. The van der Waals surface area contributed by atoms with Crippen LogP contribution in [0.25, 0.3) is 0 Å². The summed E-state index contributed by atoms with van der Waals surface area (Å²) in [6.45, 7) is 2.02. The molecule has 0 fully saturated rings. The molecular formula is C11H15N3O. The molecule has 0 saturated heterocycles. The zero-order valence-corrected chi connectivity index (χ0v) is 8.97. The molecule has 2 aromatic rings. The predicted octanol–water partition coefficient (Wildman–Crippen LogP) is 1.56. The quantitative estimate of drug-likeness (QED) is 0.827. The van der Waals surface area contributed by atoms with Gasteiger partial charge in [-0.05, 0) is 19.1 Å². The fourth-order valence-electron chi connectivity index (χ4n) is 1.64. The zero-order valence-electron chi connectivity index (χ0n) is 8.97. The highest BCUT2D eigenvalue weighted by Crippen LogP contribution is 2.18. The molecule has 0 aliphatic rings. The lowest BCUT2D eigenvalue weighted by molar-refractivity contribution is 0.488. The summed E-state index contributed by atoms with van der Waals surface area (Å²) in [5.74, 6) is 0.908. The summed E-state index contributed by atoms with van der Waals surface area (Å²) in [5, 5.41) is 4.17. The minimum Gasteiger partial charge on any atom is -0.469 e. The first kappa shape index (κ1) is 9.98. The lowest BCUT2D eigenvalue weighted by Crippen LogP contribution is -2.13. The molecule has 1 unspecified atom stereocenters. The van der Waals surface area contributed by atoms with E-state index in [1.807, 2.05) is 37.0 Å². The molecule has 0 saturated carbocycles. The molecule has 0 aliphatic carbocycles. The maximum absolute atomic E-state index is 6.09. The molecule has 2 rings (SSSR count). The molecule has 0 spiro atoms. The molecule has 0 amide bonds. The van der Waals surface area contributed by atoms with E-state index in [4.69, 9.17) is 10.2 Å². The highest BCUT2D eigenvalue weighted by atomic mass is 16.3. The highest BCUT2D eigenvalue weighted by molar-refractivity contribution is 5.21. The van der Waals surface area contributed by atoms with Gasteiger partial charge in [0.25, 0.3) is 0 Å². The summed E-state index contributed by atoms with van der Waals surface area (Å²) in [7, 11) is 1.92.